The summed E-state index contributed by atoms with van der Waals surface area (Å²) in [6.07, 6.45) is 0.727. The Morgan fingerprint density at radius 3 is 2.44 bits per heavy atom. The third kappa shape index (κ3) is 4.92. The van der Waals surface area contributed by atoms with E-state index in [-0.39, 0.29) is 15.8 Å². The molecule has 0 saturated heterocycles. The largest absolute Gasteiger partial charge is 0.241 e. The molecule has 0 bridgehead atoms. The van der Waals surface area contributed by atoms with E-state index in [1.54, 1.807) is 18.2 Å². The van der Waals surface area contributed by atoms with Crippen LogP contribution in [0.2, 0.25) is 0 Å². The van der Waals surface area contributed by atoms with E-state index < -0.39 is 10.0 Å². The van der Waals surface area contributed by atoms with Crippen molar-refractivity contribution >= 4 is 57.8 Å². The number of benzene rings is 1. The molecule has 18 heavy (non-hydrogen) atoms. The Bertz CT molecular complexity index is 517. The minimum atomic E-state index is -3.51. The van der Waals surface area contributed by atoms with Gasteiger partial charge in [0.2, 0.25) is 10.0 Å². The Morgan fingerprint density at radius 1 is 1.28 bits per heavy atom. The average molecular weight is 464 g/mol. The van der Waals surface area contributed by atoms with Crippen LogP contribution in [0.4, 0.5) is 0 Å². The minimum absolute atomic E-state index is 0.129. The molecule has 0 radical (unpaired) electrons. The zero-order valence-electron chi connectivity index (χ0n) is 9.95. The van der Waals surface area contributed by atoms with Crippen molar-refractivity contribution in [2.24, 2.45) is 0 Å². The van der Waals surface area contributed by atoms with Crippen molar-refractivity contribution in [3.8, 4) is 0 Å². The Balaban J connectivity index is 2.96. The number of hydrogen-bond donors (Lipinski definition) is 1. The first-order chi connectivity index (χ1) is 8.22. The van der Waals surface area contributed by atoms with Gasteiger partial charge in [0.1, 0.15) is 0 Å². The standard InChI is InChI=1S/C11H14Br3NO2S/c1-7(12)5-8(2)15-18(16,17)11-6-9(13)3-4-10(11)14/h3-4,6-8,15H,5H2,1-2H3. The monoisotopic (exact) mass is 461 g/mol. The molecule has 0 aromatic heterocycles. The molecular weight excluding hydrogens is 450 g/mol. The van der Waals surface area contributed by atoms with E-state index >= 15 is 0 Å². The summed E-state index contributed by atoms with van der Waals surface area (Å²) in [6, 6.07) is 4.94. The third-order valence-electron chi connectivity index (χ3n) is 2.22. The highest BCUT2D eigenvalue weighted by molar-refractivity contribution is 9.11. The van der Waals surface area contributed by atoms with Crippen molar-refractivity contribution in [2.75, 3.05) is 0 Å². The highest BCUT2D eigenvalue weighted by Crippen LogP contribution is 2.26. The molecule has 7 heteroatoms. The first-order valence-electron chi connectivity index (χ1n) is 5.34. The van der Waals surface area contributed by atoms with Gasteiger partial charge < -0.3 is 0 Å². The summed E-state index contributed by atoms with van der Waals surface area (Å²) in [5.74, 6) is 0. The molecule has 0 saturated carbocycles. The second-order valence-corrected chi connectivity index (χ2v) is 9.13. The van der Waals surface area contributed by atoms with Crippen LogP contribution in [0, 0.1) is 0 Å². The van der Waals surface area contributed by atoms with Crippen molar-refractivity contribution in [1.82, 2.24) is 4.72 Å². The Kier molecular flexibility index (Phi) is 6.31. The van der Waals surface area contributed by atoms with Gasteiger partial charge in [-0.05, 0) is 47.5 Å². The van der Waals surface area contributed by atoms with Crippen LogP contribution in [0.15, 0.2) is 32.0 Å². The molecule has 0 aliphatic heterocycles. The van der Waals surface area contributed by atoms with Crippen LogP contribution in [0.3, 0.4) is 0 Å². The number of sulfonamides is 1. The number of alkyl halides is 1. The van der Waals surface area contributed by atoms with Crippen LogP contribution in [0.5, 0.6) is 0 Å². The number of rotatable bonds is 5. The maximum atomic E-state index is 12.2. The van der Waals surface area contributed by atoms with Gasteiger partial charge in [0, 0.05) is 19.8 Å². The lowest BCUT2D eigenvalue weighted by molar-refractivity contribution is 0.547. The fourth-order valence-electron chi connectivity index (χ4n) is 1.55. The number of hydrogen-bond acceptors (Lipinski definition) is 2. The van der Waals surface area contributed by atoms with Crippen LogP contribution in [0.1, 0.15) is 20.3 Å². The highest BCUT2D eigenvalue weighted by Gasteiger charge is 2.21. The summed E-state index contributed by atoms with van der Waals surface area (Å²) in [4.78, 5) is 0.507. The zero-order chi connectivity index (χ0) is 13.9. The molecule has 0 spiro atoms. The molecule has 0 aliphatic rings. The molecule has 102 valence electrons. The van der Waals surface area contributed by atoms with Crippen molar-refractivity contribution in [2.45, 2.75) is 36.0 Å². The molecule has 1 aromatic carbocycles. The predicted octanol–water partition coefficient (Wildman–Crippen LogP) is 4.05. The molecule has 0 heterocycles. The quantitative estimate of drug-likeness (QED) is 0.669. The van der Waals surface area contributed by atoms with E-state index in [1.165, 1.54) is 0 Å². The topological polar surface area (TPSA) is 46.2 Å². The second-order valence-electron chi connectivity index (χ2n) is 4.11. The average Bonchev–Trinajstić information content (AvgIpc) is 2.19. The third-order valence-corrected chi connectivity index (χ3v) is 5.67. The van der Waals surface area contributed by atoms with Gasteiger partial charge >= 0.3 is 0 Å². The van der Waals surface area contributed by atoms with Gasteiger partial charge in [-0.2, -0.15) is 0 Å². The molecule has 2 atom stereocenters. The van der Waals surface area contributed by atoms with Crippen LogP contribution in [-0.2, 0) is 10.0 Å². The van der Waals surface area contributed by atoms with E-state index in [0.717, 1.165) is 10.9 Å². The SMILES string of the molecule is CC(Br)CC(C)NS(=O)(=O)c1cc(Br)ccc1Br. The molecule has 0 fully saturated rings. The van der Waals surface area contributed by atoms with Gasteiger partial charge in [-0.3, -0.25) is 0 Å². The lowest BCUT2D eigenvalue weighted by Gasteiger charge is -2.16. The van der Waals surface area contributed by atoms with Gasteiger partial charge in [0.05, 0.1) is 4.90 Å². The lowest BCUT2D eigenvalue weighted by atomic mass is 10.2. The number of halogens is 3. The summed E-state index contributed by atoms with van der Waals surface area (Å²) < 4.78 is 28.4. The Morgan fingerprint density at radius 2 is 1.89 bits per heavy atom. The fraction of sp³-hybridized carbons (Fsp3) is 0.455. The van der Waals surface area contributed by atoms with Crippen LogP contribution in [-0.4, -0.2) is 19.3 Å². The van der Waals surface area contributed by atoms with E-state index in [4.69, 9.17) is 0 Å². The number of nitrogens with one attached hydrogen (secondary N) is 1. The van der Waals surface area contributed by atoms with Gasteiger partial charge in [0.25, 0.3) is 0 Å². The van der Waals surface area contributed by atoms with E-state index in [9.17, 15) is 8.42 Å². The van der Waals surface area contributed by atoms with Crippen molar-refractivity contribution < 1.29 is 8.42 Å². The molecule has 2 unspecified atom stereocenters. The minimum Gasteiger partial charge on any atom is -0.208 e. The van der Waals surface area contributed by atoms with Gasteiger partial charge in [-0.1, -0.05) is 38.8 Å². The van der Waals surface area contributed by atoms with E-state index in [1.807, 2.05) is 13.8 Å². The van der Waals surface area contributed by atoms with Crippen molar-refractivity contribution in [3.63, 3.8) is 0 Å². The van der Waals surface area contributed by atoms with Gasteiger partial charge in [-0.25, -0.2) is 13.1 Å². The van der Waals surface area contributed by atoms with Crippen molar-refractivity contribution in [3.05, 3.63) is 27.1 Å². The van der Waals surface area contributed by atoms with Gasteiger partial charge in [0.15, 0.2) is 0 Å². The van der Waals surface area contributed by atoms with Crippen LogP contribution >= 0.6 is 47.8 Å². The molecule has 0 aliphatic carbocycles. The Labute approximate surface area is 133 Å². The summed E-state index contributed by atoms with van der Waals surface area (Å²) in [6.45, 7) is 3.83. The lowest BCUT2D eigenvalue weighted by Crippen LogP contribution is -2.34. The molecule has 1 aromatic rings. The maximum Gasteiger partial charge on any atom is 0.241 e. The van der Waals surface area contributed by atoms with Crippen molar-refractivity contribution in [1.29, 1.82) is 0 Å². The summed E-state index contributed by atoms with van der Waals surface area (Å²) >= 11 is 9.95. The summed E-state index contributed by atoms with van der Waals surface area (Å²) in [5.41, 5.74) is 0. The summed E-state index contributed by atoms with van der Waals surface area (Å²) in [5, 5.41) is 0. The second kappa shape index (κ2) is 6.83. The van der Waals surface area contributed by atoms with E-state index in [0.29, 0.717) is 4.47 Å². The van der Waals surface area contributed by atoms with E-state index in [2.05, 4.69) is 52.5 Å². The molecular formula is C11H14Br3NO2S. The van der Waals surface area contributed by atoms with Gasteiger partial charge in [-0.15, -0.1) is 0 Å². The first-order valence-corrected chi connectivity index (χ1v) is 9.32. The Hall–Kier alpha value is 0.570. The zero-order valence-corrected chi connectivity index (χ0v) is 15.5. The fourth-order valence-corrected chi connectivity index (χ4v) is 4.87. The molecule has 0 amide bonds. The first kappa shape index (κ1) is 16.6. The highest BCUT2D eigenvalue weighted by atomic mass is 79.9. The molecule has 1 N–H and O–H groups in total. The van der Waals surface area contributed by atoms with Crippen LogP contribution < -0.4 is 4.72 Å². The molecule has 3 nitrogen and oxygen atoms in total. The van der Waals surface area contributed by atoms with Crippen LogP contribution in [0.25, 0.3) is 0 Å². The smallest absolute Gasteiger partial charge is 0.208 e. The summed E-state index contributed by atoms with van der Waals surface area (Å²) in [7, 11) is -3.51. The molecule has 1 rings (SSSR count). The maximum absolute atomic E-state index is 12.2. The predicted molar refractivity (Wildman–Crippen MR) is 84.6 cm³/mol. The normalized spacial score (nSPS) is 15.4.